The number of nitrogens with one attached hydrogen (secondary N) is 1. The van der Waals surface area contributed by atoms with Crippen molar-refractivity contribution in [3.05, 3.63) is 74.6 Å². The molecule has 0 unspecified atom stereocenters. The minimum atomic E-state index is -1.53. The summed E-state index contributed by atoms with van der Waals surface area (Å²) in [7, 11) is 0. The number of carbonyl (C=O) groups is 1. The van der Waals surface area contributed by atoms with Crippen molar-refractivity contribution in [2.75, 3.05) is 0 Å². The molecule has 0 aliphatic heterocycles. The zero-order valence-electron chi connectivity index (χ0n) is 13.2. The molecule has 2 aromatic heterocycles. The molecule has 10 nitrogen and oxygen atoms in total. The maximum atomic E-state index is 14.4. The Morgan fingerprint density at radius 1 is 1.26 bits per heavy atom. The van der Waals surface area contributed by atoms with Gasteiger partial charge in [0.15, 0.2) is 5.75 Å². The summed E-state index contributed by atoms with van der Waals surface area (Å²) in [4.78, 5) is 44.7. The number of H-pyrrole nitrogens is 1. The molecule has 0 atom stereocenters. The topological polar surface area (TPSA) is 151 Å². The third kappa shape index (κ3) is 3.40. The quantitative estimate of drug-likeness (QED) is 0.686. The predicted molar refractivity (Wildman–Crippen MR) is 86.4 cm³/mol. The molecule has 0 saturated heterocycles. The van der Waals surface area contributed by atoms with Crippen molar-refractivity contribution in [2.24, 2.45) is 0 Å². The first kappa shape index (κ1) is 17.5. The minimum Gasteiger partial charge on any atom is -0.477 e. The lowest BCUT2D eigenvalue weighted by Gasteiger charge is -2.10. The van der Waals surface area contributed by atoms with Gasteiger partial charge in [-0.15, -0.1) is 0 Å². The number of halogens is 1. The molecule has 2 N–H and O–H groups in total. The lowest BCUT2D eigenvalue weighted by molar-refractivity contribution is 0.0689. The van der Waals surface area contributed by atoms with Crippen LogP contribution < -0.4 is 16.0 Å². The van der Waals surface area contributed by atoms with Gasteiger partial charge in [0.05, 0.1) is 11.3 Å². The fourth-order valence-corrected chi connectivity index (χ4v) is 2.16. The van der Waals surface area contributed by atoms with Crippen LogP contribution in [0.3, 0.4) is 0 Å². The molecule has 27 heavy (non-hydrogen) atoms. The highest BCUT2D eigenvalue weighted by molar-refractivity contribution is 5.84. The van der Waals surface area contributed by atoms with Crippen molar-refractivity contribution in [1.29, 1.82) is 5.26 Å². The zero-order valence-corrected chi connectivity index (χ0v) is 13.2. The maximum Gasteiger partial charge on any atom is 0.352 e. The Kier molecular flexibility index (Phi) is 4.46. The lowest BCUT2D eigenvalue weighted by atomic mass is 10.2. The van der Waals surface area contributed by atoms with Crippen molar-refractivity contribution >= 4 is 5.97 Å². The number of aromatic nitrogens is 4. The fourth-order valence-electron chi connectivity index (χ4n) is 2.16. The van der Waals surface area contributed by atoms with Gasteiger partial charge in [0.1, 0.15) is 17.6 Å². The van der Waals surface area contributed by atoms with Gasteiger partial charge < -0.3 is 14.8 Å². The van der Waals surface area contributed by atoms with Gasteiger partial charge >= 0.3 is 17.7 Å². The molecule has 0 radical (unpaired) electrons. The van der Waals surface area contributed by atoms with E-state index in [2.05, 4.69) is 9.97 Å². The van der Waals surface area contributed by atoms with E-state index in [-0.39, 0.29) is 17.3 Å². The molecule has 0 saturated carbocycles. The minimum absolute atomic E-state index is 0.144. The zero-order chi connectivity index (χ0) is 19.6. The smallest absolute Gasteiger partial charge is 0.352 e. The summed E-state index contributed by atoms with van der Waals surface area (Å²) in [6.07, 6.45) is 2.75. The van der Waals surface area contributed by atoms with E-state index in [0.717, 1.165) is 12.1 Å². The van der Waals surface area contributed by atoms with Crippen LogP contribution in [0.4, 0.5) is 4.39 Å². The van der Waals surface area contributed by atoms with E-state index in [4.69, 9.17) is 15.1 Å². The number of hydrogen-bond acceptors (Lipinski definition) is 7. The molecule has 0 aliphatic rings. The van der Waals surface area contributed by atoms with Gasteiger partial charge in [-0.05, 0) is 12.1 Å². The highest BCUT2D eigenvalue weighted by Crippen LogP contribution is 2.27. The normalized spacial score (nSPS) is 10.2. The number of ether oxygens (including phenoxy) is 1. The van der Waals surface area contributed by atoms with Gasteiger partial charge in [0.25, 0.3) is 5.56 Å². The first-order chi connectivity index (χ1) is 12.9. The Labute approximate surface area is 148 Å². The van der Waals surface area contributed by atoms with Crippen molar-refractivity contribution in [3.63, 3.8) is 0 Å². The molecule has 0 aliphatic carbocycles. The van der Waals surface area contributed by atoms with Gasteiger partial charge in [-0.2, -0.15) is 5.26 Å². The number of carboxylic acid groups (broad SMARTS) is 1. The average Bonchev–Trinajstić information content (AvgIpc) is 2.64. The molecule has 0 bridgehead atoms. The highest BCUT2D eigenvalue weighted by atomic mass is 19.1. The Hall–Kier alpha value is -4.33. The molecular weight excluding hydrogens is 361 g/mol. The summed E-state index contributed by atoms with van der Waals surface area (Å²) < 4.78 is 20.1. The third-order valence-corrected chi connectivity index (χ3v) is 3.32. The van der Waals surface area contributed by atoms with Crippen LogP contribution in [0.2, 0.25) is 0 Å². The average molecular weight is 369 g/mol. The summed E-state index contributed by atoms with van der Waals surface area (Å²) >= 11 is 0. The first-order valence-corrected chi connectivity index (χ1v) is 7.19. The van der Waals surface area contributed by atoms with Crippen LogP contribution in [0.5, 0.6) is 11.8 Å². The Morgan fingerprint density at radius 2 is 1.96 bits per heavy atom. The van der Waals surface area contributed by atoms with E-state index in [0.29, 0.717) is 10.6 Å². The van der Waals surface area contributed by atoms with Crippen molar-refractivity contribution < 1.29 is 19.0 Å². The standard InChI is InChI=1S/C16H8FN5O5/c17-9-4-8(7-18)12(27-15-19-2-1-3-20-15)6-11(9)22-13(23)5-10(14(24)25)21-16(22)26/h1-6H,(H,21,26)(H,24,25). The number of carboxylic acids is 1. The predicted octanol–water partition coefficient (Wildman–Crippen LogP) is 0.817. The van der Waals surface area contributed by atoms with Crippen LogP contribution in [-0.2, 0) is 0 Å². The number of aromatic carboxylic acids is 1. The van der Waals surface area contributed by atoms with Crippen LogP contribution in [0, 0.1) is 17.1 Å². The molecule has 0 amide bonds. The van der Waals surface area contributed by atoms with Gasteiger partial charge in [-0.3, -0.25) is 4.79 Å². The molecule has 3 aromatic rings. The van der Waals surface area contributed by atoms with Crippen molar-refractivity contribution in [2.45, 2.75) is 0 Å². The van der Waals surface area contributed by atoms with E-state index in [9.17, 15) is 18.8 Å². The SMILES string of the molecule is N#Cc1cc(F)c(-n2c(=O)cc(C(=O)O)[nH]c2=O)cc1Oc1ncccn1. The first-order valence-electron chi connectivity index (χ1n) is 7.19. The number of benzene rings is 1. The second kappa shape index (κ2) is 6.89. The fraction of sp³-hybridized carbons (Fsp3) is 0. The molecule has 1 aromatic carbocycles. The van der Waals surface area contributed by atoms with Crippen molar-refractivity contribution in [3.8, 4) is 23.5 Å². The monoisotopic (exact) mass is 369 g/mol. The Bertz CT molecular complexity index is 1170. The van der Waals surface area contributed by atoms with Crippen LogP contribution in [0.15, 0.2) is 46.2 Å². The number of rotatable bonds is 4. The third-order valence-electron chi connectivity index (χ3n) is 3.32. The highest BCUT2D eigenvalue weighted by Gasteiger charge is 2.18. The summed E-state index contributed by atoms with van der Waals surface area (Å²) in [5.41, 5.74) is -3.67. The molecule has 2 heterocycles. The van der Waals surface area contributed by atoms with Crippen LogP contribution in [-0.4, -0.2) is 30.6 Å². The lowest BCUT2D eigenvalue weighted by Crippen LogP contribution is -2.35. The van der Waals surface area contributed by atoms with Gasteiger partial charge in [0, 0.05) is 24.5 Å². The van der Waals surface area contributed by atoms with Crippen molar-refractivity contribution in [1.82, 2.24) is 19.5 Å². The molecule has 11 heteroatoms. The summed E-state index contributed by atoms with van der Waals surface area (Å²) in [5, 5.41) is 18.0. The van der Waals surface area contributed by atoms with Gasteiger partial charge in [-0.25, -0.2) is 28.5 Å². The van der Waals surface area contributed by atoms with Crippen LogP contribution >= 0.6 is 0 Å². The second-order valence-corrected chi connectivity index (χ2v) is 5.01. The molecule has 134 valence electrons. The largest absolute Gasteiger partial charge is 0.477 e. The summed E-state index contributed by atoms with van der Waals surface area (Å²) in [6.45, 7) is 0. The maximum absolute atomic E-state index is 14.4. The molecular formula is C16H8FN5O5. The second-order valence-electron chi connectivity index (χ2n) is 5.01. The van der Waals surface area contributed by atoms with Crippen LogP contribution in [0.25, 0.3) is 5.69 Å². The van der Waals surface area contributed by atoms with E-state index >= 15 is 0 Å². The van der Waals surface area contributed by atoms with E-state index in [1.165, 1.54) is 18.5 Å². The summed E-state index contributed by atoms with van der Waals surface area (Å²) in [5.74, 6) is -2.79. The number of hydrogen-bond donors (Lipinski definition) is 2. The Balaban J connectivity index is 2.19. The number of nitrogens with zero attached hydrogens (tertiary/aromatic N) is 4. The number of nitriles is 1. The molecule has 0 fully saturated rings. The van der Waals surface area contributed by atoms with Gasteiger partial charge in [-0.1, -0.05) is 0 Å². The van der Waals surface area contributed by atoms with E-state index < -0.39 is 34.4 Å². The molecule has 0 spiro atoms. The number of aromatic amines is 1. The van der Waals surface area contributed by atoms with Gasteiger partial charge in [0.2, 0.25) is 0 Å². The molecule has 3 rings (SSSR count). The summed E-state index contributed by atoms with van der Waals surface area (Å²) in [6, 6.07) is 5.44. The van der Waals surface area contributed by atoms with E-state index in [1.54, 1.807) is 6.07 Å². The Morgan fingerprint density at radius 3 is 2.56 bits per heavy atom. The van der Waals surface area contributed by atoms with Crippen LogP contribution in [0.1, 0.15) is 16.1 Å². The van der Waals surface area contributed by atoms with E-state index in [1.807, 2.05) is 4.98 Å².